The number of nitrogens with one attached hydrogen (secondary N) is 2. The first kappa shape index (κ1) is 18.9. The second-order valence-corrected chi connectivity index (χ2v) is 5.93. The number of guanidine groups is 1. The molecule has 0 radical (unpaired) electrons. The van der Waals surface area contributed by atoms with Crippen molar-refractivity contribution < 1.29 is 9.13 Å². The van der Waals surface area contributed by atoms with Crippen molar-refractivity contribution in [1.82, 2.24) is 10.6 Å². The third kappa shape index (κ3) is 6.19. The normalized spacial score (nSPS) is 11.4. The largest absolute Gasteiger partial charge is 0.380 e. The first-order valence-corrected chi connectivity index (χ1v) is 8.38. The van der Waals surface area contributed by atoms with Gasteiger partial charge in [0, 0.05) is 27.2 Å². The van der Waals surface area contributed by atoms with Crippen LogP contribution in [-0.4, -0.2) is 26.7 Å². The molecule has 0 atom stereocenters. The number of aryl methyl sites for hydroxylation is 1. The van der Waals surface area contributed by atoms with Gasteiger partial charge in [0.1, 0.15) is 5.82 Å². The summed E-state index contributed by atoms with van der Waals surface area (Å²) in [5, 5.41) is 6.59. The highest BCUT2D eigenvalue weighted by Crippen LogP contribution is 2.10. The maximum absolute atomic E-state index is 13.1. The van der Waals surface area contributed by atoms with Gasteiger partial charge in [-0.15, -0.1) is 0 Å². The Morgan fingerprint density at radius 1 is 1.12 bits per heavy atom. The van der Waals surface area contributed by atoms with E-state index in [0.29, 0.717) is 13.2 Å². The lowest BCUT2D eigenvalue weighted by Crippen LogP contribution is -2.37. The molecule has 25 heavy (non-hydrogen) atoms. The molecule has 2 rings (SSSR count). The van der Waals surface area contributed by atoms with Crippen LogP contribution in [-0.2, 0) is 24.3 Å². The van der Waals surface area contributed by atoms with Crippen molar-refractivity contribution in [3.8, 4) is 0 Å². The average Bonchev–Trinajstić information content (AvgIpc) is 2.60. The van der Waals surface area contributed by atoms with Crippen LogP contribution in [0.1, 0.15) is 22.3 Å². The number of hydrogen-bond acceptors (Lipinski definition) is 2. The number of hydrogen-bond donors (Lipinski definition) is 2. The second kappa shape index (κ2) is 9.79. The fraction of sp³-hybridized carbons (Fsp3) is 0.350. The molecule has 2 aromatic rings. The second-order valence-electron chi connectivity index (χ2n) is 5.93. The van der Waals surface area contributed by atoms with Crippen LogP contribution in [0, 0.1) is 12.7 Å². The molecule has 0 aliphatic carbocycles. The van der Waals surface area contributed by atoms with Crippen molar-refractivity contribution in [2.75, 3.05) is 20.7 Å². The van der Waals surface area contributed by atoms with E-state index in [0.717, 1.165) is 35.6 Å². The van der Waals surface area contributed by atoms with Crippen LogP contribution >= 0.6 is 0 Å². The summed E-state index contributed by atoms with van der Waals surface area (Å²) >= 11 is 0. The summed E-state index contributed by atoms with van der Waals surface area (Å²) in [7, 11) is 3.44. The van der Waals surface area contributed by atoms with Crippen LogP contribution in [0.3, 0.4) is 0 Å². The van der Waals surface area contributed by atoms with Gasteiger partial charge in [0.2, 0.25) is 0 Å². The summed E-state index contributed by atoms with van der Waals surface area (Å²) in [5.41, 5.74) is 4.43. The fourth-order valence-corrected chi connectivity index (χ4v) is 2.66. The molecule has 0 unspecified atom stereocenters. The zero-order valence-corrected chi connectivity index (χ0v) is 15.1. The summed E-state index contributed by atoms with van der Waals surface area (Å²) in [6, 6.07) is 13.2. The number of nitrogens with zero attached hydrogens (tertiary/aromatic N) is 1. The van der Waals surface area contributed by atoms with Crippen LogP contribution in [0.4, 0.5) is 4.39 Å². The SMILES string of the molecule is CN=C(NCCc1ccc(F)cc1C)NCc1cccc(COC)c1. The average molecular weight is 343 g/mol. The highest BCUT2D eigenvalue weighted by molar-refractivity contribution is 5.79. The minimum absolute atomic E-state index is 0.192. The highest BCUT2D eigenvalue weighted by atomic mass is 19.1. The van der Waals surface area contributed by atoms with E-state index in [2.05, 4.69) is 27.8 Å². The molecule has 0 spiro atoms. The molecule has 0 saturated carbocycles. The number of ether oxygens (including phenoxy) is 1. The smallest absolute Gasteiger partial charge is 0.191 e. The van der Waals surface area contributed by atoms with Gasteiger partial charge < -0.3 is 15.4 Å². The van der Waals surface area contributed by atoms with Crippen LogP contribution in [0.25, 0.3) is 0 Å². The summed E-state index contributed by atoms with van der Waals surface area (Å²) in [6.45, 7) is 3.96. The lowest BCUT2D eigenvalue weighted by molar-refractivity contribution is 0.185. The minimum atomic E-state index is -0.192. The zero-order valence-electron chi connectivity index (χ0n) is 15.1. The molecule has 0 bridgehead atoms. The molecule has 0 saturated heterocycles. The maximum Gasteiger partial charge on any atom is 0.191 e. The van der Waals surface area contributed by atoms with Crippen molar-refractivity contribution in [1.29, 1.82) is 0 Å². The Bertz CT molecular complexity index is 716. The number of methoxy groups -OCH3 is 1. The van der Waals surface area contributed by atoms with Gasteiger partial charge in [-0.2, -0.15) is 0 Å². The third-order valence-corrected chi connectivity index (χ3v) is 3.98. The lowest BCUT2D eigenvalue weighted by atomic mass is 10.1. The molecule has 0 heterocycles. The minimum Gasteiger partial charge on any atom is -0.380 e. The Balaban J connectivity index is 1.81. The number of halogens is 1. The van der Waals surface area contributed by atoms with E-state index in [1.807, 2.05) is 25.1 Å². The van der Waals surface area contributed by atoms with E-state index in [-0.39, 0.29) is 5.82 Å². The monoisotopic (exact) mass is 343 g/mol. The number of rotatable bonds is 7. The summed E-state index contributed by atoms with van der Waals surface area (Å²) in [5.74, 6) is 0.555. The first-order chi connectivity index (χ1) is 12.1. The molecule has 0 amide bonds. The molecular formula is C20H26FN3O. The quantitative estimate of drug-likeness (QED) is 0.599. The van der Waals surface area contributed by atoms with E-state index >= 15 is 0 Å². The van der Waals surface area contributed by atoms with E-state index < -0.39 is 0 Å². The first-order valence-electron chi connectivity index (χ1n) is 8.38. The Hall–Kier alpha value is -2.40. The molecule has 0 aliphatic heterocycles. The molecule has 134 valence electrons. The van der Waals surface area contributed by atoms with Crippen molar-refractivity contribution in [2.45, 2.75) is 26.5 Å². The molecule has 0 aromatic heterocycles. The Morgan fingerprint density at radius 2 is 1.92 bits per heavy atom. The Kier molecular flexibility index (Phi) is 7.41. The summed E-state index contributed by atoms with van der Waals surface area (Å²) < 4.78 is 18.3. The van der Waals surface area contributed by atoms with Crippen LogP contribution in [0.5, 0.6) is 0 Å². The predicted octanol–water partition coefficient (Wildman–Crippen LogP) is 3.19. The van der Waals surface area contributed by atoms with Crippen LogP contribution < -0.4 is 10.6 Å². The third-order valence-electron chi connectivity index (χ3n) is 3.98. The predicted molar refractivity (Wildman–Crippen MR) is 100 cm³/mol. The van der Waals surface area contributed by atoms with Gasteiger partial charge in [-0.25, -0.2) is 4.39 Å². The van der Waals surface area contributed by atoms with Gasteiger partial charge in [0.15, 0.2) is 5.96 Å². The Labute approximate surface area is 149 Å². The van der Waals surface area contributed by atoms with Crippen molar-refractivity contribution in [2.24, 2.45) is 4.99 Å². The van der Waals surface area contributed by atoms with Crippen molar-refractivity contribution in [3.05, 3.63) is 70.5 Å². The molecular weight excluding hydrogens is 317 g/mol. The molecule has 0 fully saturated rings. The van der Waals surface area contributed by atoms with Crippen molar-refractivity contribution >= 4 is 5.96 Å². The summed E-state index contributed by atoms with van der Waals surface area (Å²) in [6.07, 6.45) is 0.816. The van der Waals surface area contributed by atoms with Crippen LogP contribution in [0.2, 0.25) is 0 Å². The van der Waals surface area contributed by atoms with Gasteiger partial charge in [-0.1, -0.05) is 30.3 Å². The van der Waals surface area contributed by atoms with Gasteiger partial charge in [-0.3, -0.25) is 4.99 Å². The molecule has 2 N–H and O–H groups in total. The topological polar surface area (TPSA) is 45.7 Å². The molecule has 5 heteroatoms. The van der Waals surface area contributed by atoms with Gasteiger partial charge >= 0.3 is 0 Å². The maximum atomic E-state index is 13.1. The molecule has 4 nitrogen and oxygen atoms in total. The van der Waals surface area contributed by atoms with Crippen LogP contribution in [0.15, 0.2) is 47.5 Å². The zero-order chi connectivity index (χ0) is 18.1. The molecule has 0 aliphatic rings. The van der Waals surface area contributed by atoms with E-state index in [4.69, 9.17) is 4.74 Å². The molecule has 2 aromatic carbocycles. The summed E-state index contributed by atoms with van der Waals surface area (Å²) in [4.78, 5) is 4.24. The Morgan fingerprint density at radius 3 is 2.64 bits per heavy atom. The van der Waals surface area contributed by atoms with Gasteiger partial charge in [-0.05, 0) is 47.7 Å². The van der Waals surface area contributed by atoms with Gasteiger partial charge in [0.25, 0.3) is 0 Å². The number of aliphatic imine (C=N–C) groups is 1. The van der Waals surface area contributed by atoms with E-state index in [1.54, 1.807) is 20.2 Å². The van der Waals surface area contributed by atoms with Gasteiger partial charge in [0.05, 0.1) is 6.61 Å². The van der Waals surface area contributed by atoms with E-state index in [1.165, 1.54) is 11.6 Å². The van der Waals surface area contributed by atoms with E-state index in [9.17, 15) is 4.39 Å². The standard InChI is InChI=1S/C20H26FN3O/c1-15-11-19(21)8-7-18(15)9-10-23-20(22-2)24-13-16-5-4-6-17(12-16)14-25-3/h4-8,11-12H,9-10,13-14H2,1-3H3,(H2,22,23,24). The van der Waals surface area contributed by atoms with Crippen molar-refractivity contribution in [3.63, 3.8) is 0 Å². The number of benzene rings is 2. The highest BCUT2D eigenvalue weighted by Gasteiger charge is 2.02. The fourth-order valence-electron chi connectivity index (χ4n) is 2.66. The lowest BCUT2D eigenvalue weighted by Gasteiger charge is -2.13.